The fourth-order valence-corrected chi connectivity index (χ4v) is 3.92. The molecule has 1 saturated heterocycles. The number of ether oxygens (including phenoxy) is 3. The molecule has 1 aliphatic rings. The molecule has 0 spiro atoms. The molecule has 0 aliphatic carbocycles. The summed E-state index contributed by atoms with van der Waals surface area (Å²) in [5, 5.41) is 28.6. The zero-order chi connectivity index (χ0) is 24.7. The Labute approximate surface area is 198 Å². The highest BCUT2D eigenvalue weighted by Gasteiger charge is 2.26. The Bertz CT molecular complexity index is 1000. The van der Waals surface area contributed by atoms with Gasteiger partial charge in [0, 0.05) is 12.0 Å². The number of hydrogen-bond acceptors (Lipinski definition) is 7. The molecule has 0 bridgehead atoms. The van der Waals surface area contributed by atoms with Crippen molar-refractivity contribution in [2.45, 2.75) is 44.8 Å². The van der Waals surface area contributed by atoms with Crippen LogP contribution in [0.5, 0.6) is 11.5 Å². The molecule has 3 N–H and O–H groups in total. The summed E-state index contributed by atoms with van der Waals surface area (Å²) in [4.78, 5) is 11.8. The highest BCUT2D eigenvalue weighted by molar-refractivity contribution is 5.85. The molecule has 0 unspecified atom stereocenters. The minimum absolute atomic E-state index is 0.000287. The van der Waals surface area contributed by atoms with Gasteiger partial charge in [-0.3, -0.25) is 4.79 Å². The Morgan fingerprint density at radius 1 is 1.15 bits per heavy atom. The first kappa shape index (κ1) is 25.7. The molecular weight excluding hydrogens is 443 g/mol. The van der Waals surface area contributed by atoms with Crippen molar-refractivity contribution >= 4 is 12.0 Å². The molecule has 0 radical (unpaired) electrons. The smallest absolute Gasteiger partial charge is 0.309 e. The highest BCUT2D eigenvalue weighted by atomic mass is 19.1. The van der Waals surface area contributed by atoms with Gasteiger partial charge in [-0.2, -0.15) is 0 Å². The average Bonchev–Trinajstić information content (AvgIpc) is 2.79. The van der Waals surface area contributed by atoms with Crippen molar-refractivity contribution in [1.29, 1.82) is 0 Å². The van der Waals surface area contributed by atoms with Crippen LogP contribution in [0.4, 0.5) is 4.39 Å². The van der Waals surface area contributed by atoms with E-state index in [1.54, 1.807) is 18.2 Å². The van der Waals surface area contributed by atoms with Crippen LogP contribution < -0.4 is 9.47 Å². The van der Waals surface area contributed by atoms with Gasteiger partial charge in [0.05, 0.1) is 25.7 Å². The summed E-state index contributed by atoms with van der Waals surface area (Å²) in [6.07, 6.45) is 2.43. The summed E-state index contributed by atoms with van der Waals surface area (Å²) < 4.78 is 30.8. The Morgan fingerprint density at radius 3 is 2.44 bits per heavy atom. The number of aliphatic hydroxyl groups excluding tert-OH is 3. The maximum absolute atomic E-state index is 13.7. The maximum Gasteiger partial charge on any atom is 0.309 e. The van der Waals surface area contributed by atoms with Crippen molar-refractivity contribution < 1.29 is 38.7 Å². The van der Waals surface area contributed by atoms with Crippen LogP contribution in [0.25, 0.3) is 17.2 Å². The van der Waals surface area contributed by atoms with Crippen LogP contribution in [0.15, 0.2) is 36.4 Å². The number of carbonyl (C=O) groups excluding carboxylic acids is 1. The highest BCUT2D eigenvalue weighted by Crippen LogP contribution is 2.45. The van der Waals surface area contributed by atoms with Crippen LogP contribution in [0.3, 0.4) is 0 Å². The second kappa shape index (κ2) is 12.0. The van der Waals surface area contributed by atoms with E-state index >= 15 is 0 Å². The summed E-state index contributed by atoms with van der Waals surface area (Å²) in [6.45, 7) is 3.64. The molecule has 8 heteroatoms. The molecule has 3 rings (SSSR count). The first-order valence-corrected chi connectivity index (χ1v) is 11.3. The molecule has 0 saturated carbocycles. The van der Waals surface area contributed by atoms with E-state index < -0.39 is 24.0 Å². The molecule has 2 aromatic rings. The van der Waals surface area contributed by atoms with Gasteiger partial charge in [-0.25, -0.2) is 4.39 Å². The van der Waals surface area contributed by atoms with E-state index in [1.807, 2.05) is 26.0 Å². The van der Waals surface area contributed by atoms with Crippen LogP contribution in [0.1, 0.15) is 43.7 Å². The van der Waals surface area contributed by atoms with E-state index in [1.165, 1.54) is 12.1 Å². The first-order valence-electron chi connectivity index (χ1n) is 11.3. The zero-order valence-electron chi connectivity index (χ0n) is 19.4. The number of aliphatic hydroxyl groups is 3. The molecule has 2 atom stereocenters. The number of hydrogen-bond donors (Lipinski definition) is 3. The number of esters is 1. The Morgan fingerprint density at radius 2 is 1.82 bits per heavy atom. The molecule has 184 valence electrons. The fraction of sp³-hybridized carbons (Fsp3) is 0.423. The SMILES string of the molecule is CC(C)c1cc(OCCO)c(OCCO)c(-c2ccc(F)cc2)c1C=C[C@@H]1C[C@@H](O)CC(=O)O1. The summed E-state index contributed by atoms with van der Waals surface area (Å²) in [5.74, 6) is -0.0720. The number of cyclic esters (lactones) is 1. The predicted molar refractivity (Wildman–Crippen MR) is 125 cm³/mol. The summed E-state index contributed by atoms with van der Waals surface area (Å²) in [6, 6.07) is 7.75. The number of halogens is 1. The third kappa shape index (κ3) is 6.34. The van der Waals surface area contributed by atoms with Crippen molar-refractivity contribution in [1.82, 2.24) is 0 Å². The lowest BCUT2D eigenvalue weighted by Gasteiger charge is -2.25. The number of rotatable bonds is 10. The minimum Gasteiger partial charge on any atom is -0.487 e. The summed E-state index contributed by atoms with van der Waals surface area (Å²) in [7, 11) is 0. The van der Waals surface area contributed by atoms with E-state index in [9.17, 15) is 24.5 Å². The Hall–Kier alpha value is -2.94. The fourth-order valence-electron chi connectivity index (χ4n) is 3.92. The van der Waals surface area contributed by atoms with Gasteiger partial charge >= 0.3 is 5.97 Å². The van der Waals surface area contributed by atoms with Gasteiger partial charge in [-0.1, -0.05) is 32.1 Å². The maximum atomic E-state index is 13.7. The van der Waals surface area contributed by atoms with Gasteiger partial charge in [-0.15, -0.1) is 0 Å². The number of carbonyl (C=O) groups is 1. The van der Waals surface area contributed by atoms with E-state index in [-0.39, 0.29) is 45.2 Å². The largest absolute Gasteiger partial charge is 0.487 e. The molecule has 1 heterocycles. The molecule has 7 nitrogen and oxygen atoms in total. The van der Waals surface area contributed by atoms with Crippen LogP contribution in [0.2, 0.25) is 0 Å². The van der Waals surface area contributed by atoms with E-state index in [2.05, 4.69) is 0 Å². The monoisotopic (exact) mass is 474 g/mol. The Kier molecular flexibility index (Phi) is 9.04. The second-order valence-corrected chi connectivity index (χ2v) is 8.37. The van der Waals surface area contributed by atoms with E-state index in [0.29, 0.717) is 22.6 Å². The number of benzene rings is 2. The standard InChI is InChI=1S/C26H31FO7/c1-16(2)22-15-23(32-11-9-28)26(33-12-10-29)25(17-3-5-18(27)6-4-17)21(22)8-7-20-13-19(30)14-24(31)34-20/h3-8,15-16,19-20,28-30H,9-14H2,1-2H3/t19-,20-/m1/s1. The van der Waals surface area contributed by atoms with Crippen molar-refractivity contribution in [3.05, 3.63) is 53.4 Å². The van der Waals surface area contributed by atoms with Crippen molar-refractivity contribution in [2.24, 2.45) is 0 Å². The summed E-state index contributed by atoms with van der Waals surface area (Å²) in [5.41, 5.74) is 2.92. The second-order valence-electron chi connectivity index (χ2n) is 8.37. The van der Waals surface area contributed by atoms with Gasteiger partial charge in [0.15, 0.2) is 11.5 Å². The van der Waals surface area contributed by atoms with Gasteiger partial charge in [0.2, 0.25) is 0 Å². The van der Waals surface area contributed by atoms with Gasteiger partial charge < -0.3 is 29.5 Å². The van der Waals surface area contributed by atoms with Crippen molar-refractivity contribution in [3.8, 4) is 22.6 Å². The third-order valence-corrected chi connectivity index (χ3v) is 5.43. The van der Waals surface area contributed by atoms with E-state index in [4.69, 9.17) is 14.2 Å². The van der Waals surface area contributed by atoms with Crippen molar-refractivity contribution in [2.75, 3.05) is 26.4 Å². The topological polar surface area (TPSA) is 105 Å². The third-order valence-electron chi connectivity index (χ3n) is 5.43. The molecule has 2 aromatic carbocycles. The lowest BCUT2D eigenvalue weighted by molar-refractivity contribution is -0.156. The molecule has 0 amide bonds. The minimum atomic E-state index is -0.769. The van der Waals surface area contributed by atoms with Crippen LogP contribution >= 0.6 is 0 Å². The normalized spacial score (nSPS) is 18.4. The quantitative estimate of drug-likeness (QED) is 0.453. The molecule has 0 aromatic heterocycles. The molecule has 1 aliphatic heterocycles. The van der Waals surface area contributed by atoms with Crippen LogP contribution in [-0.4, -0.2) is 59.9 Å². The van der Waals surface area contributed by atoms with Gasteiger partial charge in [0.25, 0.3) is 0 Å². The van der Waals surface area contributed by atoms with Crippen LogP contribution in [0, 0.1) is 5.82 Å². The summed E-state index contributed by atoms with van der Waals surface area (Å²) >= 11 is 0. The van der Waals surface area contributed by atoms with Crippen molar-refractivity contribution in [3.63, 3.8) is 0 Å². The Balaban J connectivity index is 2.22. The molecular formula is C26H31FO7. The lowest BCUT2D eigenvalue weighted by Crippen LogP contribution is -2.31. The molecule has 34 heavy (non-hydrogen) atoms. The van der Waals surface area contributed by atoms with Crippen LogP contribution in [-0.2, 0) is 9.53 Å². The molecule has 1 fully saturated rings. The van der Waals surface area contributed by atoms with Gasteiger partial charge in [0.1, 0.15) is 25.1 Å². The average molecular weight is 475 g/mol. The predicted octanol–water partition coefficient (Wildman–Crippen LogP) is 3.44. The lowest BCUT2D eigenvalue weighted by atomic mass is 9.88. The zero-order valence-corrected chi connectivity index (χ0v) is 19.4. The van der Waals surface area contributed by atoms with Gasteiger partial charge in [-0.05, 0) is 46.9 Å². The van der Waals surface area contributed by atoms with E-state index in [0.717, 1.165) is 11.1 Å². The first-order chi connectivity index (χ1) is 16.3.